The summed E-state index contributed by atoms with van der Waals surface area (Å²) in [7, 11) is -2.13. The van der Waals surface area contributed by atoms with Gasteiger partial charge in [0.15, 0.2) is 0 Å². The van der Waals surface area contributed by atoms with Crippen molar-refractivity contribution in [2.75, 3.05) is 13.7 Å². The highest BCUT2D eigenvalue weighted by atomic mass is 79.9. The minimum atomic E-state index is -3.49. The minimum absolute atomic E-state index is 0.238. The van der Waals surface area contributed by atoms with E-state index >= 15 is 0 Å². The summed E-state index contributed by atoms with van der Waals surface area (Å²) in [5.41, 5.74) is 0. The smallest absolute Gasteiger partial charge is 0.305 e. The molecule has 0 amide bonds. The van der Waals surface area contributed by atoms with Gasteiger partial charge < -0.3 is 4.74 Å². The average Bonchev–Trinajstić information content (AvgIpc) is 2.73. The molecule has 0 saturated carbocycles. The van der Waals surface area contributed by atoms with Gasteiger partial charge in [-0.05, 0) is 50.8 Å². The average molecular weight is 449 g/mol. The van der Waals surface area contributed by atoms with Gasteiger partial charge in [-0.2, -0.15) is 0 Å². The fourth-order valence-electron chi connectivity index (χ4n) is 1.47. The van der Waals surface area contributed by atoms with Crippen LogP contribution in [0, 0.1) is 0 Å². The summed E-state index contributed by atoms with van der Waals surface area (Å²) < 4.78 is 32.4. The summed E-state index contributed by atoms with van der Waals surface area (Å²) >= 11 is 7.79. The SMILES string of the molecule is COC(=O)CCCCCNS(=O)(=O)c1cc(Br)sc1Br. The molecular formula is C11H15Br2NO4S2. The van der Waals surface area contributed by atoms with Crippen molar-refractivity contribution in [3.8, 4) is 0 Å². The zero-order valence-corrected chi connectivity index (χ0v) is 15.6. The van der Waals surface area contributed by atoms with E-state index in [4.69, 9.17) is 0 Å². The number of methoxy groups -OCH3 is 1. The van der Waals surface area contributed by atoms with Crippen molar-refractivity contribution in [2.24, 2.45) is 0 Å². The molecule has 0 aliphatic carbocycles. The molecule has 5 nitrogen and oxygen atoms in total. The summed E-state index contributed by atoms with van der Waals surface area (Å²) in [6, 6.07) is 1.56. The van der Waals surface area contributed by atoms with Gasteiger partial charge in [0, 0.05) is 13.0 Å². The van der Waals surface area contributed by atoms with E-state index in [0.29, 0.717) is 29.6 Å². The van der Waals surface area contributed by atoms with Crippen molar-refractivity contribution >= 4 is 59.2 Å². The Morgan fingerprint density at radius 2 is 2.05 bits per heavy atom. The third-order valence-electron chi connectivity index (χ3n) is 2.49. The van der Waals surface area contributed by atoms with Gasteiger partial charge in [-0.3, -0.25) is 4.79 Å². The Labute approximate surface area is 139 Å². The van der Waals surface area contributed by atoms with Gasteiger partial charge in [-0.1, -0.05) is 6.42 Å². The summed E-state index contributed by atoms with van der Waals surface area (Å²) in [6.45, 7) is 0.351. The molecule has 20 heavy (non-hydrogen) atoms. The number of rotatable bonds is 8. The van der Waals surface area contributed by atoms with Gasteiger partial charge >= 0.3 is 5.97 Å². The quantitative estimate of drug-likeness (QED) is 0.489. The van der Waals surface area contributed by atoms with Crippen LogP contribution >= 0.6 is 43.2 Å². The highest BCUT2D eigenvalue weighted by Crippen LogP contribution is 2.34. The van der Waals surface area contributed by atoms with Crippen LogP contribution in [0.1, 0.15) is 25.7 Å². The maximum atomic E-state index is 12.0. The van der Waals surface area contributed by atoms with Gasteiger partial charge in [0.2, 0.25) is 10.0 Å². The molecule has 0 aliphatic heterocycles. The fourth-order valence-corrected chi connectivity index (χ4v) is 6.35. The summed E-state index contributed by atoms with van der Waals surface area (Å²) in [5.74, 6) is -0.238. The Bertz CT molecular complexity index is 557. The lowest BCUT2D eigenvalue weighted by molar-refractivity contribution is -0.140. The summed E-state index contributed by atoms with van der Waals surface area (Å²) in [5, 5.41) is 0. The number of sulfonamides is 1. The summed E-state index contributed by atoms with van der Waals surface area (Å²) in [6.07, 6.45) is 2.51. The number of halogens is 2. The second-order valence-electron chi connectivity index (χ2n) is 3.97. The third kappa shape index (κ3) is 5.80. The van der Waals surface area contributed by atoms with Crippen LogP contribution in [-0.4, -0.2) is 28.0 Å². The number of carbonyl (C=O) groups is 1. The number of thiophene rings is 1. The number of hydrogen-bond acceptors (Lipinski definition) is 5. The first-order chi connectivity index (χ1) is 9.36. The molecule has 1 heterocycles. The number of hydrogen-bond donors (Lipinski definition) is 1. The van der Waals surface area contributed by atoms with E-state index in [9.17, 15) is 13.2 Å². The maximum absolute atomic E-state index is 12.0. The van der Waals surface area contributed by atoms with Crippen molar-refractivity contribution in [1.29, 1.82) is 0 Å². The molecule has 0 fully saturated rings. The van der Waals surface area contributed by atoms with Crippen LogP contribution in [0.25, 0.3) is 0 Å². The molecule has 114 valence electrons. The van der Waals surface area contributed by atoms with Crippen LogP contribution in [0.4, 0.5) is 0 Å². The number of carbonyl (C=O) groups excluding carboxylic acids is 1. The molecule has 1 N–H and O–H groups in total. The van der Waals surface area contributed by atoms with Crippen LogP contribution in [0.15, 0.2) is 18.5 Å². The largest absolute Gasteiger partial charge is 0.469 e. The molecule has 0 aliphatic rings. The first-order valence-corrected chi connectivity index (χ1v) is 9.76. The second-order valence-corrected chi connectivity index (χ2v) is 9.46. The van der Waals surface area contributed by atoms with E-state index in [1.54, 1.807) is 6.07 Å². The highest BCUT2D eigenvalue weighted by Gasteiger charge is 2.19. The molecule has 0 radical (unpaired) electrons. The Morgan fingerprint density at radius 1 is 1.35 bits per heavy atom. The predicted molar refractivity (Wildman–Crippen MR) is 85.4 cm³/mol. The zero-order chi connectivity index (χ0) is 15.2. The van der Waals surface area contributed by atoms with E-state index in [1.807, 2.05) is 0 Å². The number of unbranched alkanes of at least 4 members (excludes halogenated alkanes) is 2. The third-order valence-corrected chi connectivity index (χ3v) is 6.71. The Kier molecular flexibility index (Phi) is 7.67. The number of ether oxygens (including phenoxy) is 1. The van der Waals surface area contributed by atoms with Crippen molar-refractivity contribution in [2.45, 2.75) is 30.6 Å². The zero-order valence-electron chi connectivity index (χ0n) is 10.8. The molecule has 1 aromatic heterocycles. The second kappa shape index (κ2) is 8.47. The van der Waals surface area contributed by atoms with Crippen molar-refractivity contribution in [3.05, 3.63) is 13.6 Å². The molecule has 1 rings (SSSR count). The molecule has 0 aromatic carbocycles. The Hall–Kier alpha value is 0.0400. The minimum Gasteiger partial charge on any atom is -0.469 e. The molecule has 9 heteroatoms. The lowest BCUT2D eigenvalue weighted by Gasteiger charge is -2.05. The van der Waals surface area contributed by atoms with E-state index in [2.05, 4.69) is 41.3 Å². The van der Waals surface area contributed by atoms with Gasteiger partial charge in [0.1, 0.15) is 4.90 Å². The van der Waals surface area contributed by atoms with E-state index in [0.717, 1.165) is 10.2 Å². The van der Waals surface area contributed by atoms with Crippen LogP contribution in [0.2, 0.25) is 0 Å². The van der Waals surface area contributed by atoms with E-state index < -0.39 is 10.0 Å². The molecule has 0 unspecified atom stereocenters. The Balaban J connectivity index is 2.34. The highest BCUT2D eigenvalue weighted by molar-refractivity contribution is 9.12. The maximum Gasteiger partial charge on any atom is 0.305 e. The fraction of sp³-hybridized carbons (Fsp3) is 0.545. The standard InChI is InChI=1S/C11H15Br2NO4S2/c1-18-10(15)5-3-2-4-6-14-20(16,17)8-7-9(12)19-11(8)13/h7,14H,2-6H2,1H3. The molecular weight excluding hydrogens is 434 g/mol. The van der Waals surface area contributed by atoms with Gasteiger partial charge in [0.25, 0.3) is 0 Å². The number of esters is 1. The van der Waals surface area contributed by atoms with E-state index in [-0.39, 0.29) is 10.9 Å². The van der Waals surface area contributed by atoms with Crippen LogP contribution in [0.3, 0.4) is 0 Å². The van der Waals surface area contributed by atoms with Crippen molar-refractivity contribution in [3.63, 3.8) is 0 Å². The van der Waals surface area contributed by atoms with Gasteiger partial charge in [-0.25, -0.2) is 13.1 Å². The van der Waals surface area contributed by atoms with Crippen LogP contribution in [0.5, 0.6) is 0 Å². The first-order valence-electron chi connectivity index (χ1n) is 5.88. The van der Waals surface area contributed by atoms with Gasteiger partial charge in [-0.15, -0.1) is 11.3 Å². The molecule has 1 aromatic rings. The normalized spacial score (nSPS) is 11.6. The molecule has 0 bridgehead atoms. The monoisotopic (exact) mass is 447 g/mol. The lowest BCUT2D eigenvalue weighted by Crippen LogP contribution is -2.24. The van der Waals surface area contributed by atoms with E-state index in [1.165, 1.54) is 18.4 Å². The van der Waals surface area contributed by atoms with Crippen LogP contribution < -0.4 is 4.72 Å². The topological polar surface area (TPSA) is 72.5 Å². The van der Waals surface area contributed by atoms with Crippen molar-refractivity contribution in [1.82, 2.24) is 4.72 Å². The predicted octanol–water partition coefficient (Wildman–Crippen LogP) is 3.28. The van der Waals surface area contributed by atoms with Crippen molar-refractivity contribution < 1.29 is 17.9 Å². The van der Waals surface area contributed by atoms with Gasteiger partial charge in [0.05, 0.1) is 14.7 Å². The lowest BCUT2D eigenvalue weighted by atomic mass is 10.2. The van der Waals surface area contributed by atoms with Crippen LogP contribution in [-0.2, 0) is 19.6 Å². The summed E-state index contributed by atoms with van der Waals surface area (Å²) in [4.78, 5) is 11.1. The Morgan fingerprint density at radius 3 is 2.60 bits per heavy atom. The first kappa shape index (κ1) is 18.1. The molecule has 0 saturated heterocycles. The molecule has 0 atom stereocenters. The molecule has 0 spiro atoms. The number of nitrogens with one attached hydrogen (secondary N) is 1.